The molecule has 44 heavy (non-hydrogen) atoms. The average molecular weight is 646 g/mol. The van der Waals surface area contributed by atoms with Gasteiger partial charge < -0.3 is 9.88 Å². The number of nitrogens with zero attached hydrogens (tertiary/aromatic N) is 6. The normalized spacial score (nSPS) is 11.3. The van der Waals surface area contributed by atoms with Crippen LogP contribution in [0.2, 0.25) is 5.02 Å². The molecule has 2 aromatic carbocycles. The van der Waals surface area contributed by atoms with Gasteiger partial charge in [-0.3, -0.25) is 9.69 Å². The highest BCUT2D eigenvalue weighted by Crippen LogP contribution is 2.40. The molecule has 0 aliphatic heterocycles. The Hall–Kier alpha value is -3.93. The van der Waals surface area contributed by atoms with Crippen LogP contribution in [0.1, 0.15) is 37.0 Å². The van der Waals surface area contributed by atoms with E-state index in [9.17, 15) is 9.59 Å². The minimum atomic E-state index is -0.597. The lowest BCUT2D eigenvalue weighted by molar-refractivity contribution is 0.258. The van der Waals surface area contributed by atoms with Gasteiger partial charge in [-0.05, 0) is 56.0 Å². The van der Waals surface area contributed by atoms with Crippen LogP contribution in [0.5, 0.6) is 0 Å². The van der Waals surface area contributed by atoms with Crippen LogP contribution in [0, 0.1) is 13.8 Å². The number of thioether (sulfide) groups is 2. The topological polar surface area (TPSA) is 106 Å². The maximum atomic E-state index is 14.6. The van der Waals surface area contributed by atoms with Gasteiger partial charge in [0.15, 0.2) is 0 Å². The lowest BCUT2D eigenvalue weighted by atomic mass is 9.94. The third kappa shape index (κ3) is 5.91. The lowest BCUT2D eigenvalue weighted by Gasteiger charge is -2.26. The molecule has 0 fully saturated rings. The Morgan fingerprint density at radius 1 is 0.955 bits per heavy atom. The highest BCUT2D eigenvalue weighted by molar-refractivity contribution is 7.99. The van der Waals surface area contributed by atoms with Crippen LogP contribution in [-0.4, -0.2) is 43.0 Å². The Kier molecular flexibility index (Phi) is 9.28. The molecule has 3 aromatic heterocycles. The molecular formula is C32H32ClN7O2S2. The maximum Gasteiger partial charge on any atom is 0.331 e. The van der Waals surface area contributed by atoms with E-state index in [4.69, 9.17) is 11.6 Å². The molecule has 0 aliphatic rings. The van der Waals surface area contributed by atoms with Crippen LogP contribution < -0.4 is 15.8 Å². The van der Waals surface area contributed by atoms with Crippen LogP contribution in [0.3, 0.4) is 0 Å². The van der Waals surface area contributed by atoms with Gasteiger partial charge in [-0.25, -0.2) is 24.7 Å². The number of amides is 2. The summed E-state index contributed by atoms with van der Waals surface area (Å²) in [6.45, 7) is 7.80. The van der Waals surface area contributed by atoms with E-state index < -0.39 is 6.03 Å². The van der Waals surface area contributed by atoms with Gasteiger partial charge in [-0.1, -0.05) is 49.7 Å². The van der Waals surface area contributed by atoms with Gasteiger partial charge in [0, 0.05) is 28.6 Å². The third-order valence-corrected chi connectivity index (χ3v) is 8.95. The Bertz CT molecular complexity index is 1910. The van der Waals surface area contributed by atoms with Gasteiger partial charge in [-0.15, -0.1) is 23.5 Å². The molecule has 0 aliphatic carbocycles. The number of hydrogen-bond acceptors (Lipinski definition) is 8. The van der Waals surface area contributed by atoms with Crippen molar-refractivity contribution in [3.05, 3.63) is 87.4 Å². The van der Waals surface area contributed by atoms with Crippen LogP contribution >= 0.6 is 35.1 Å². The number of aryl methyl sites for hydroxylation is 3. The largest absolute Gasteiger partial charge is 0.331 e. The fourth-order valence-corrected chi connectivity index (χ4v) is 6.37. The smallest absolute Gasteiger partial charge is 0.310 e. The first kappa shape index (κ1) is 31.5. The SMILES string of the molecule is CSc1nc(C)ncc1N(C(=O)Nc1c(-c2ccccc2Cl)c2cc(C(C)C)ccc2n(C)c1=O)c1cnc(C)nc1SC. The number of aromatic nitrogens is 5. The first-order chi connectivity index (χ1) is 21.0. The number of rotatable bonds is 7. The number of pyridine rings is 1. The number of hydrogen-bond donors (Lipinski definition) is 1. The molecule has 9 nitrogen and oxygen atoms in total. The van der Waals surface area contributed by atoms with Gasteiger partial charge in [-0.2, -0.15) is 0 Å². The van der Waals surface area contributed by atoms with E-state index >= 15 is 0 Å². The summed E-state index contributed by atoms with van der Waals surface area (Å²) >= 11 is 9.52. The summed E-state index contributed by atoms with van der Waals surface area (Å²) in [7, 11) is 1.70. The van der Waals surface area contributed by atoms with Crippen molar-refractivity contribution in [3.8, 4) is 11.1 Å². The van der Waals surface area contributed by atoms with Gasteiger partial charge >= 0.3 is 6.03 Å². The van der Waals surface area contributed by atoms with Crippen LogP contribution in [0.25, 0.3) is 22.0 Å². The van der Waals surface area contributed by atoms with Gasteiger partial charge in [0.25, 0.3) is 5.56 Å². The zero-order valence-electron chi connectivity index (χ0n) is 25.5. The fraction of sp³-hybridized carbons (Fsp3) is 0.250. The Morgan fingerprint density at radius 3 is 2.09 bits per heavy atom. The van der Waals surface area contributed by atoms with Crippen molar-refractivity contribution in [2.24, 2.45) is 7.05 Å². The zero-order valence-corrected chi connectivity index (χ0v) is 27.9. The molecular weight excluding hydrogens is 614 g/mol. The molecule has 0 spiro atoms. The highest BCUT2D eigenvalue weighted by Gasteiger charge is 2.29. The van der Waals surface area contributed by atoms with Gasteiger partial charge in [0.1, 0.15) is 38.8 Å². The van der Waals surface area contributed by atoms with Crippen LogP contribution in [0.15, 0.2) is 69.7 Å². The Labute approximate surface area is 269 Å². The first-order valence-electron chi connectivity index (χ1n) is 13.8. The van der Waals surface area contributed by atoms with E-state index in [1.54, 1.807) is 43.9 Å². The molecule has 0 atom stereocenters. The molecule has 5 aromatic rings. The van der Waals surface area contributed by atoms with Crippen molar-refractivity contribution in [3.63, 3.8) is 0 Å². The van der Waals surface area contributed by atoms with Crippen molar-refractivity contribution in [1.82, 2.24) is 24.5 Å². The number of urea groups is 1. The van der Waals surface area contributed by atoms with Crippen LogP contribution in [0.4, 0.5) is 21.9 Å². The van der Waals surface area contributed by atoms with E-state index in [1.165, 1.54) is 28.4 Å². The molecule has 1 N–H and O–H groups in total. The van der Waals surface area contributed by atoms with E-state index in [0.29, 0.717) is 49.2 Å². The first-order valence-corrected chi connectivity index (χ1v) is 16.7. The summed E-state index contributed by atoms with van der Waals surface area (Å²) in [5.41, 5.74) is 3.56. The molecule has 12 heteroatoms. The average Bonchev–Trinajstić information content (AvgIpc) is 3.01. The monoisotopic (exact) mass is 645 g/mol. The molecule has 0 saturated carbocycles. The minimum absolute atomic E-state index is 0.0986. The maximum absolute atomic E-state index is 14.6. The van der Waals surface area contributed by atoms with Crippen molar-refractivity contribution in [2.45, 2.75) is 43.7 Å². The van der Waals surface area contributed by atoms with Gasteiger partial charge in [0.05, 0.1) is 17.9 Å². The van der Waals surface area contributed by atoms with Crippen molar-refractivity contribution < 1.29 is 4.79 Å². The standard InChI is InChI=1S/C32H32ClN7O2S2/c1-17(2)20-12-13-24-22(14-20)27(21-10-8-9-11-23(21)33)28(31(41)39(24)5)38-32(42)40(25-15-34-18(3)36-29(25)43-6)26-16-35-19(4)37-30(26)44-7/h8-17H,1-7H3,(H,38,42). The van der Waals surface area contributed by atoms with Gasteiger partial charge in [0.2, 0.25) is 0 Å². The van der Waals surface area contributed by atoms with E-state index in [-0.39, 0.29) is 17.2 Å². The predicted molar refractivity (Wildman–Crippen MR) is 182 cm³/mol. The second-order valence-electron chi connectivity index (χ2n) is 10.4. The van der Waals surface area contributed by atoms with Crippen LogP contribution in [-0.2, 0) is 7.05 Å². The number of benzene rings is 2. The van der Waals surface area contributed by atoms with E-state index in [2.05, 4.69) is 45.2 Å². The number of nitrogens with one attached hydrogen (secondary N) is 1. The zero-order chi connectivity index (χ0) is 31.7. The fourth-order valence-electron chi connectivity index (χ4n) is 4.99. The molecule has 2 amide bonds. The second-order valence-corrected chi connectivity index (χ2v) is 12.4. The number of anilines is 3. The molecule has 5 rings (SSSR count). The summed E-state index contributed by atoms with van der Waals surface area (Å²) in [4.78, 5) is 48.0. The number of fused-ring (bicyclic) bond motifs is 1. The number of halogens is 1. The summed E-state index contributed by atoms with van der Waals surface area (Å²) in [6.07, 6.45) is 6.95. The third-order valence-electron chi connectivity index (χ3n) is 7.25. The Morgan fingerprint density at radius 2 is 1.55 bits per heavy atom. The minimum Gasteiger partial charge on any atom is -0.310 e. The quantitative estimate of drug-likeness (QED) is 0.140. The van der Waals surface area contributed by atoms with Crippen molar-refractivity contribution in [1.29, 1.82) is 0 Å². The summed E-state index contributed by atoms with van der Waals surface area (Å²) in [5.74, 6) is 1.37. The second kappa shape index (κ2) is 13.0. The molecule has 0 bridgehead atoms. The molecule has 0 radical (unpaired) electrons. The summed E-state index contributed by atoms with van der Waals surface area (Å²) in [6, 6.07) is 12.7. The van der Waals surface area contributed by atoms with Crippen molar-refractivity contribution >= 4 is 69.1 Å². The van der Waals surface area contributed by atoms with Crippen molar-refractivity contribution in [2.75, 3.05) is 22.7 Å². The molecule has 0 unspecified atom stereocenters. The molecule has 0 saturated heterocycles. The number of carbonyl (C=O) groups excluding carboxylic acids is 1. The predicted octanol–water partition coefficient (Wildman–Crippen LogP) is 7.99. The van der Waals surface area contributed by atoms with E-state index in [0.717, 1.165) is 16.5 Å². The molecule has 3 heterocycles. The number of carbonyl (C=O) groups is 1. The highest BCUT2D eigenvalue weighted by atomic mass is 35.5. The lowest BCUT2D eigenvalue weighted by Crippen LogP contribution is -2.35. The summed E-state index contributed by atoms with van der Waals surface area (Å²) in [5, 5.41) is 5.39. The Balaban J connectivity index is 1.80. The molecule has 226 valence electrons. The van der Waals surface area contributed by atoms with E-state index in [1.807, 2.05) is 42.8 Å². The summed E-state index contributed by atoms with van der Waals surface area (Å²) < 4.78 is 1.55.